The number of rotatable bonds is 7. The highest BCUT2D eigenvalue weighted by molar-refractivity contribution is 6.18. The number of alkyl halides is 1. The van der Waals surface area contributed by atoms with Gasteiger partial charge < -0.3 is 9.64 Å². The normalized spacial score (nSPS) is 10.2. The molecule has 0 heterocycles. The number of halogens is 1. The zero-order chi connectivity index (χ0) is 13.4. The number of amides is 1. The Bertz CT molecular complexity index is 382. The molecule has 0 aliphatic carbocycles. The van der Waals surface area contributed by atoms with Crippen molar-refractivity contribution in [1.29, 1.82) is 0 Å². The van der Waals surface area contributed by atoms with Gasteiger partial charge in [-0.15, -0.1) is 11.6 Å². The molecule has 0 aromatic heterocycles. The first-order valence-electron chi connectivity index (χ1n) is 6.22. The van der Waals surface area contributed by atoms with E-state index in [1.165, 1.54) is 0 Å². The molecule has 18 heavy (non-hydrogen) atoms. The average Bonchev–Trinajstić information content (AvgIpc) is 2.42. The smallest absolute Gasteiger partial charge is 0.257 e. The zero-order valence-corrected chi connectivity index (χ0v) is 11.7. The lowest BCUT2D eigenvalue weighted by Gasteiger charge is -2.22. The molecular formula is C14H20ClNO2. The van der Waals surface area contributed by atoms with E-state index in [1.54, 1.807) is 24.1 Å². The van der Waals surface area contributed by atoms with E-state index >= 15 is 0 Å². The predicted octanol–water partition coefficient (Wildman–Crippen LogP) is 3.18. The number of carbonyl (C=O) groups is 1. The molecule has 100 valence electrons. The Morgan fingerprint density at radius 1 is 1.33 bits per heavy atom. The fourth-order valence-electron chi connectivity index (χ4n) is 1.76. The Morgan fingerprint density at radius 2 is 2.06 bits per heavy atom. The Kier molecular flexibility index (Phi) is 6.58. The van der Waals surface area contributed by atoms with E-state index < -0.39 is 0 Å². The molecule has 0 saturated carbocycles. The number of ether oxygens (including phenoxy) is 1. The molecule has 0 atom stereocenters. The molecule has 0 fully saturated rings. The molecule has 0 spiro atoms. The number of nitrogens with zero attached hydrogens (tertiary/aromatic N) is 1. The summed E-state index contributed by atoms with van der Waals surface area (Å²) in [5, 5.41) is 0. The minimum Gasteiger partial charge on any atom is -0.496 e. The zero-order valence-electron chi connectivity index (χ0n) is 11.0. The highest BCUT2D eigenvalue weighted by Crippen LogP contribution is 2.19. The topological polar surface area (TPSA) is 29.5 Å². The first-order valence-corrected chi connectivity index (χ1v) is 6.76. The maximum absolute atomic E-state index is 12.4. The van der Waals surface area contributed by atoms with Crippen LogP contribution >= 0.6 is 11.6 Å². The fourth-order valence-corrected chi connectivity index (χ4v) is 1.96. The summed E-state index contributed by atoms with van der Waals surface area (Å²) in [6, 6.07) is 7.28. The van der Waals surface area contributed by atoms with E-state index in [0.717, 1.165) is 19.4 Å². The van der Waals surface area contributed by atoms with Crippen LogP contribution in [0.25, 0.3) is 0 Å². The second kappa shape index (κ2) is 7.98. The molecule has 1 amide bonds. The molecule has 1 rings (SSSR count). The van der Waals surface area contributed by atoms with Gasteiger partial charge in [-0.1, -0.05) is 25.5 Å². The second-order valence-corrected chi connectivity index (χ2v) is 4.41. The molecule has 4 heteroatoms. The van der Waals surface area contributed by atoms with Gasteiger partial charge in [-0.05, 0) is 18.6 Å². The third-order valence-corrected chi connectivity index (χ3v) is 2.93. The summed E-state index contributed by atoms with van der Waals surface area (Å²) >= 11 is 5.76. The second-order valence-electron chi connectivity index (χ2n) is 4.04. The summed E-state index contributed by atoms with van der Waals surface area (Å²) in [6.45, 7) is 3.41. The molecule has 0 aliphatic rings. The summed E-state index contributed by atoms with van der Waals surface area (Å²) in [5.41, 5.74) is 0.598. The van der Waals surface area contributed by atoms with Crippen molar-refractivity contribution < 1.29 is 9.53 Å². The lowest BCUT2D eigenvalue weighted by molar-refractivity contribution is 0.0760. The number of para-hydroxylation sites is 1. The van der Waals surface area contributed by atoms with Crippen molar-refractivity contribution in [2.24, 2.45) is 0 Å². The lowest BCUT2D eigenvalue weighted by Crippen LogP contribution is -2.33. The van der Waals surface area contributed by atoms with Crippen LogP contribution in [0, 0.1) is 0 Å². The summed E-state index contributed by atoms with van der Waals surface area (Å²) in [5.74, 6) is 1.05. The Labute approximate surface area is 114 Å². The molecular weight excluding hydrogens is 250 g/mol. The van der Waals surface area contributed by atoms with Gasteiger partial charge in [-0.25, -0.2) is 0 Å². The van der Waals surface area contributed by atoms with Crippen molar-refractivity contribution >= 4 is 17.5 Å². The molecule has 0 N–H and O–H groups in total. The van der Waals surface area contributed by atoms with Crippen LogP contribution in [-0.2, 0) is 0 Å². The molecule has 0 bridgehead atoms. The monoisotopic (exact) mass is 269 g/mol. The highest BCUT2D eigenvalue weighted by Gasteiger charge is 2.18. The van der Waals surface area contributed by atoms with E-state index in [4.69, 9.17) is 16.3 Å². The van der Waals surface area contributed by atoms with Crippen LogP contribution in [0.15, 0.2) is 24.3 Å². The number of carbonyl (C=O) groups excluding carboxylic acids is 1. The number of benzene rings is 1. The van der Waals surface area contributed by atoms with Gasteiger partial charge in [0.1, 0.15) is 5.75 Å². The first-order chi connectivity index (χ1) is 8.74. The third-order valence-electron chi connectivity index (χ3n) is 2.76. The van der Waals surface area contributed by atoms with E-state index in [0.29, 0.717) is 23.7 Å². The maximum Gasteiger partial charge on any atom is 0.257 e. The quantitative estimate of drug-likeness (QED) is 0.712. The van der Waals surface area contributed by atoms with Crippen molar-refractivity contribution in [3.63, 3.8) is 0 Å². The number of hydrogen-bond donors (Lipinski definition) is 0. The SMILES string of the molecule is CCCCN(CCCl)C(=O)c1ccccc1OC. The van der Waals surface area contributed by atoms with Gasteiger partial charge in [0.15, 0.2) is 0 Å². The van der Waals surface area contributed by atoms with E-state index in [1.807, 2.05) is 12.1 Å². The minimum atomic E-state index is -0.0125. The van der Waals surface area contributed by atoms with Gasteiger partial charge in [-0.2, -0.15) is 0 Å². The van der Waals surface area contributed by atoms with E-state index in [2.05, 4.69) is 6.92 Å². The number of methoxy groups -OCH3 is 1. The largest absolute Gasteiger partial charge is 0.496 e. The molecule has 0 aliphatic heterocycles. The van der Waals surface area contributed by atoms with Crippen LogP contribution in [0.3, 0.4) is 0 Å². The maximum atomic E-state index is 12.4. The Balaban J connectivity index is 2.86. The van der Waals surface area contributed by atoms with Crippen LogP contribution in [0.4, 0.5) is 0 Å². The van der Waals surface area contributed by atoms with E-state index in [9.17, 15) is 4.79 Å². The van der Waals surface area contributed by atoms with Crippen LogP contribution in [0.5, 0.6) is 5.75 Å². The van der Waals surface area contributed by atoms with Crippen molar-refractivity contribution in [3.05, 3.63) is 29.8 Å². The van der Waals surface area contributed by atoms with Crippen LogP contribution in [-0.4, -0.2) is 36.9 Å². The fraction of sp³-hybridized carbons (Fsp3) is 0.500. The molecule has 1 aromatic rings. The van der Waals surface area contributed by atoms with Crippen molar-refractivity contribution in [2.45, 2.75) is 19.8 Å². The van der Waals surface area contributed by atoms with Crippen molar-refractivity contribution in [2.75, 3.05) is 26.1 Å². The third kappa shape index (κ3) is 3.91. The van der Waals surface area contributed by atoms with Crippen molar-refractivity contribution in [3.8, 4) is 5.75 Å². The molecule has 0 radical (unpaired) electrons. The summed E-state index contributed by atoms with van der Waals surface area (Å²) < 4.78 is 5.22. The average molecular weight is 270 g/mol. The Morgan fingerprint density at radius 3 is 2.67 bits per heavy atom. The van der Waals surface area contributed by atoms with E-state index in [-0.39, 0.29) is 5.91 Å². The predicted molar refractivity (Wildman–Crippen MR) is 74.5 cm³/mol. The standard InChI is InChI=1S/C14H20ClNO2/c1-3-4-10-16(11-9-15)14(17)12-7-5-6-8-13(12)18-2/h5-8H,3-4,9-11H2,1-2H3. The summed E-state index contributed by atoms with van der Waals surface area (Å²) in [4.78, 5) is 14.2. The molecule has 3 nitrogen and oxygen atoms in total. The number of hydrogen-bond acceptors (Lipinski definition) is 2. The first kappa shape index (κ1) is 14.8. The van der Waals surface area contributed by atoms with Gasteiger partial charge >= 0.3 is 0 Å². The summed E-state index contributed by atoms with van der Waals surface area (Å²) in [6.07, 6.45) is 2.04. The minimum absolute atomic E-state index is 0.0125. The number of unbranched alkanes of at least 4 members (excludes halogenated alkanes) is 1. The molecule has 0 saturated heterocycles. The Hall–Kier alpha value is -1.22. The lowest BCUT2D eigenvalue weighted by atomic mass is 10.1. The van der Waals surface area contributed by atoms with Crippen LogP contribution in [0.2, 0.25) is 0 Å². The van der Waals surface area contributed by atoms with Gasteiger partial charge in [0.05, 0.1) is 12.7 Å². The molecule has 1 aromatic carbocycles. The highest BCUT2D eigenvalue weighted by atomic mass is 35.5. The van der Waals surface area contributed by atoms with Crippen LogP contribution in [0.1, 0.15) is 30.1 Å². The van der Waals surface area contributed by atoms with Crippen LogP contribution < -0.4 is 4.74 Å². The van der Waals surface area contributed by atoms with Gasteiger partial charge in [-0.3, -0.25) is 4.79 Å². The van der Waals surface area contributed by atoms with Crippen molar-refractivity contribution in [1.82, 2.24) is 4.90 Å². The summed E-state index contributed by atoms with van der Waals surface area (Å²) in [7, 11) is 1.57. The van der Waals surface area contributed by atoms with Gasteiger partial charge in [0.2, 0.25) is 0 Å². The van der Waals surface area contributed by atoms with Gasteiger partial charge in [0.25, 0.3) is 5.91 Å². The van der Waals surface area contributed by atoms with Gasteiger partial charge in [0, 0.05) is 19.0 Å². The molecule has 0 unspecified atom stereocenters.